The van der Waals surface area contributed by atoms with Gasteiger partial charge >= 0.3 is 0 Å². The van der Waals surface area contributed by atoms with E-state index in [4.69, 9.17) is 34.8 Å². The molecule has 2 aromatic heterocycles. The lowest BCUT2D eigenvalue weighted by Gasteiger charge is -2.19. The zero-order valence-corrected chi connectivity index (χ0v) is 13.7. The van der Waals surface area contributed by atoms with E-state index < -0.39 is 0 Å². The van der Waals surface area contributed by atoms with E-state index in [0.29, 0.717) is 13.7 Å². The van der Waals surface area contributed by atoms with Crippen LogP contribution in [0.4, 0.5) is 0 Å². The van der Waals surface area contributed by atoms with Gasteiger partial charge in [-0.2, -0.15) is 5.10 Å². The molecule has 2 heterocycles. The third kappa shape index (κ3) is 3.26. The molecule has 2 rings (SSSR count). The van der Waals surface area contributed by atoms with Gasteiger partial charge in [-0.1, -0.05) is 41.7 Å². The molecule has 0 aromatic carbocycles. The van der Waals surface area contributed by atoms with Gasteiger partial charge in [-0.25, -0.2) is 0 Å². The monoisotopic (exact) mass is 337 g/mol. The molecule has 1 unspecified atom stereocenters. The zero-order chi connectivity index (χ0) is 14.0. The van der Waals surface area contributed by atoms with Gasteiger partial charge in [0.05, 0.1) is 31.6 Å². The number of hydrogen-bond donors (Lipinski definition) is 1. The molecular weight excluding hydrogens is 325 g/mol. The summed E-state index contributed by atoms with van der Waals surface area (Å²) in [6.45, 7) is 2.97. The first-order valence-electron chi connectivity index (χ1n) is 5.90. The van der Waals surface area contributed by atoms with E-state index in [0.717, 1.165) is 24.2 Å². The number of halogens is 3. The second-order valence-electron chi connectivity index (χ2n) is 4.17. The topological polar surface area (TPSA) is 29.9 Å². The third-order valence-electron chi connectivity index (χ3n) is 2.80. The van der Waals surface area contributed by atoms with E-state index in [-0.39, 0.29) is 6.04 Å². The van der Waals surface area contributed by atoms with Crippen molar-refractivity contribution in [3.8, 4) is 0 Å². The van der Waals surface area contributed by atoms with E-state index in [1.807, 2.05) is 13.1 Å². The Labute approximate surface area is 131 Å². The highest BCUT2D eigenvalue weighted by atomic mass is 35.5. The highest BCUT2D eigenvalue weighted by Crippen LogP contribution is 2.38. The van der Waals surface area contributed by atoms with Crippen molar-refractivity contribution in [2.45, 2.75) is 19.4 Å². The maximum atomic E-state index is 6.26. The first-order chi connectivity index (χ1) is 9.04. The predicted molar refractivity (Wildman–Crippen MR) is 82.7 cm³/mol. The van der Waals surface area contributed by atoms with Crippen molar-refractivity contribution in [2.75, 3.05) is 6.54 Å². The fourth-order valence-electron chi connectivity index (χ4n) is 1.94. The van der Waals surface area contributed by atoms with Gasteiger partial charge in [0, 0.05) is 12.6 Å². The first-order valence-corrected chi connectivity index (χ1v) is 7.85. The fraction of sp³-hybridized carbons (Fsp3) is 0.417. The van der Waals surface area contributed by atoms with Crippen LogP contribution in [0.15, 0.2) is 12.3 Å². The van der Waals surface area contributed by atoms with Crippen molar-refractivity contribution in [3.05, 3.63) is 37.2 Å². The molecule has 104 valence electrons. The summed E-state index contributed by atoms with van der Waals surface area (Å²) in [5.74, 6) is 0. The minimum absolute atomic E-state index is 0.101. The number of hydrogen-bond acceptors (Lipinski definition) is 3. The van der Waals surface area contributed by atoms with Gasteiger partial charge in [0.2, 0.25) is 0 Å². The molecule has 0 amide bonds. The summed E-state index contributed by atoms with van der Waals surface area (Å²) < 4.78 is 3.11. The van der Waals surface area contributed by atoms with Crippen molar-refractivity contribution in [1.29, 1.82) is 0 Å². The van der Waals surface area contributed by atoms with Gasteiger partial charge in [0.25, 0.3) is 0 Å². The Morgan fingerprint density at radius 1 is 1.42 bits per heavy atom. The van der Waals surface area contributed by atoms with Crippen molar-refractivity contribution >= 4 is 46.1 Å². The molecule has 0 radical (unpaired) electrons. The van der Waals surface area contributed by atoms with Crippen molar-refractivity contribution in [3.63, 3.8) is 0 Å². The van der Waals surface area contributed by atoms with Crippen LogP contribution >= 0.6 is 46.1 Å². The summed E-state index contributed by atoms with van der Waals surface area (Å²) in [6.07, 6.45) is 2.65. The Morgan fingerprint density at radius 3 is 2.63 bits per heavy atom. The van der Waals surface area contributed by atoms with Gasteiger partial charge < -0.3 is 5.32 Å². The second-order valence-corrected chi connectivity index (χ2v) is 6.86. The normalized spacial score (nSPS) is 12.9. The summed E-state index contributed by atoms with van der Waals surface area (Å²) in [6, 6.07) is 1.78. The van der Waals surface area contributed by atoms with Crippen molar-refractivity contribution < 1.29 is 0 Å². The summed E-state index contributed by atoms with van der Waals surface area (Å²) >= 11 is 19.9. The molecule has 0 fully saturated rings. The number of thiophene rings is 1. The molecule has 7 heteroatoms. The quantitative estimate of drug-likeness (QED) is 0.868. The van der Waals surface area contributed by atoms with Crippen LogP contribution in [0.5, 0.6) is 0 Å². The highest BCUT2D eigenvalue weighted by Gasteiger charge is 2.24. The summed E-state index contributed by atoms with van der Waals surface area (Å²) in [5, 5.41) is 8.24. The van der Waals surface area contributed by atoms with Gasteiger partial charge in [0.1, 0.15) is 0 Å². The van der Waals surface area contributed by atoms with Crippen LogP contribution in [0.3, 0.4) is 0 Å². The average molecular weight is 339 g/mol. The lowest BCUT2D eigenvalue weighted by molar-refractivity contribution is 0.555. The van der Waals surface area contributed by atoms with E-state index in [1.54, 1.807) is 10.9 Å². The number of nitrogens with one attached hydrogen (secondary N) is 1. The molecule has 0 bridgehead atoms. The smallest absolute Gasteiger partial charge is 0.0996 e. The maximum Gasteiger partial charge on any atom is 0.0996 e. The number of nitrogens with zero attached hydrogens (tertiary/aromatic N) is 2. The lowest BCUT2D eigenvalue weighted by Crippen LogP contribution is -2.25. The Bertz CT molecular complexity index is 545. The van der Waals surface area contributed by atoms with Crippen LogP contribution in [0.1, 0.15) is 30.6 Å². The van der Waals surface area contributed by atoms with Gasteiger partial charge in [-0.3, -0.25) is 4.68 Å². The largest absolute Gasteiger partial charge is 0.305 e. The van der Waals surface area contributed by atoms with E-state index >= 15 is 0 Å². The first kappa shape index (κ1) is 15.1. The summed E-state index contributed by atoms with van der Waals surface area (Å²) in [5.41, 5.74) is 1.84. The highest BCUT2D eigenvalue weighted by molar-refractivity contribution is 7.20. The van der Waals surface area contributed by atoms with Crippen LogP contribution in [0, 0.1) is 0 Å². The molecule has 2 aromatic rings. The van der Waals surface area contributed by atoms with Gasteiger partial charge in [0.15, 0.2) is 0 Å². The maximum absolute atomic E-state index is 6.26. The third-order valence-corrected chi connectivity index (χ3v) is 4.61. The van der Waals surface area contributed by atoms with E-state index in [2.05, 4.69) is 17.3 Å². The summed E-state index contributed by atoms with van der Waals surface area (Å²) in [7, 11) is 1.86. The Balaban J connectivity index is 2.44. The fourth-order valence-corrected chi connectivity index (χ4v) is 3.74. The Morgan fingerprint density at radius 2 is 2.16 bits per heavy atom. The number of rotatable bonds is 5. The molecule has 0 aliphatic heterocycles. The summed E-state index contributed by atoms with van der Waals surface area (Å²) in [4.78, 5) is 0. The van der Waals surface area contributed by atoms with Crippen molar-refractivity contribution in [2.24, 2.45) is 7.05 Å². The predicted octanol–water partition coefficient (Wildman–Crippen LogP) is 4.53. The second kappa shape index (κ2) is 6.46. The van der Waals surface area contributed by atoms with Crippen LogP contribution in [0.2, 0.25) is 13.7 Å². The molecule has 19 heavy (non-hydrogen) atoms. The minimum atomic E-state index is -0.101. The van der Waals surface area contributed by atoms with Crippen LogP contribution < -0.4 is 5.32 Å². The SMILES string of the molecule is CCCNC(c1cc(Cl)sc1Cl)c1c(Cl)cnn1C. The van der Waals surface area contributed by atoms with Gasteiger partial charge in [-0.05, 0) is 19.0 Å². The molecule has 0 aliphatic rings. The molecule has 3 nitrogen and oxygen atoms in total. The van der Waals surface area contributed by atoms with Crippen LogP contribution in [-0.4, -0.2) is 16.3 Å². The minimum Gasteiger partial charge on any atom is -0.305 e. The molecule has 1 atom stereocenters. The molecule has 1 N–H and O–H groups in total. The molecule has 0 saturated heterocycles. The van der Waals surface area contributed by atoms with Crippen LogP contribution in [-0.2, 0) is 7.05 Å². The van der Waals surface area contributed by atoms with E-state index in [1.165, 1.54) is 11.3 Å². The van der Waals surface area contributed by atoms with Gasteiger partial charge in [-0.15, -0.1) is 11.3 Å². The zero-order valence-electron chi connectivity index (χ0n) is 10.6. The Kier molecular flexibility index (Phi) is 5.15. The molecule has 0 aliphatic carbocycles. The molecular formula is C12H14Cl3N3S. The Hall–Kier alpha value is -0.260. The van der Waals surface area contributed by atoms with Crippen molar-refractivity contribution in [1.82, 2.24) is 15.1 Å². The molecule has 0 spiro atoms. The standard InChI is InChI=1S/C12H14Cl3N3S/c1-3-4-16-10(7-5-9(14)19-12(7)15)11-8(13)6-17-18(11)2/h5-6,10,16H,3-4H2,1-2H3. The molecule has 0 saturated carbocycles. The average Bonchev–Trinajstić information content (AvgIpc) is 2.85. The van der Waals surface area contributed by atoms with Crippen LogP contribution in [0.25, 0.3) is 0 Å². The number of aryl methyl sites for hydroxylation is 1. The number of aromatic nitrogens is 2. The lowest BCUT2D eigenvalue weighted by atomic mass is 10.1. The van der Waals surface area contributed by atoms with E-state index in [9.17, 15) is 0 Å².